The van der Waals surface area contributed by atoms with Gasteiger partial charge in [-0.1, -0.05) is 72.9 Å². The average molecular weight is 698 g/mol. The molecule has 0 saturated carbocycles. The maximum atomic E-state index is 10.2. The molecule has 0 amide bonds. The number of hydrogen-bond donors (Lipinski definition) is 1. The zero-order valence-electron chi connectivity index (χ0n) is 24.9. The van der Waals surface area contributed by atoms with E-state index < -0.39 is 8.07 Å². The van der Waals surface area contributed by atoms with E-state index in [1.54, 1.807) is 14.2 Å². The third kappa shape index (κ3) is 6.29. The predicted octanol–water partition coefficient (Wildman–Crippen LogP) is 6.18. The molecule has 7 nitrogen and oxygen atoms in total. The van der Waals surface area contributed by atoms with Crippen LogP contribution in [0.5, 0.6) is 11.5 Å². The Bertz CT molecular complexity index is 1460. The van der Waals surface area contributed by atoms with Crippen LogP contribution in [0, 0.1) is 9.49 Å². The number of aliphatic hydroxyl groups excluding tert-OH is 1. The van der Waals surface area contributed by atoms with Crippen LogP contribution in [0.1, 0.15) is 42.2 Å². The minimum atomic E-state index is -2.12. The van der Waals surface area contributed by atoms with Gasteiger partial charge < -0.3 is 19.3 Å². The average Bonchev–Trinajstić information content (AvgIpc) is 3.47. The van der Waals surface area contributed by atoms with Crippen LogP contribution < -0.4 is 14.7 Å². The molecule has 4 aromatic rings. The lowest BCUT2D eigenvalue weighted by Gasteiger charge is -2.46. The molecule has 1 aliphatic rings. The largest absolute Gasteiger partial charge is 0.497 e. The summed E-state index contributed by atoms with van der Waals surface area (Å²) in [5.41, 5.74) is 3.17. The van der Waals surface area contributed by atoms with Crippen LogP contribution in [-0.2, 0) is 11.3 Å². The van der Waals surface area contributed by atoms with Crippen molar-refractivity contribution in [2.24, 2.45) is 5.92 Å². The summed E-state index contributed by atoms with van der Waals surface area (Å²) in [5.74, 6) is 1.71. The van der Waals surface area contributed by atoms with Crippen LogP contribution in [0.25, 0.3) is 0 Å². The first-order chi connectivity index (χ1) is 20.3. The summed E-state index contributed by atoms with van der Waals surface area (Å²) in [6.45, 7) is 7.80. The Labute approximate surface area is 263 Å². The highest BCUT2D eigenvalue weighted by atomic mass is 127. The van der Waals surface area contributed by atoms with Crippen molar-refractivity contribution in [2.45, 2.75) is 56.7 Å². The van der Waals surface area contributed by atoms with E-state index in [9.17, 15) is 5.11 Å². The Balaban J connectivity index is 1.46. The van der Waals surface area contributed by atoms with Crippen LogP contribution in [-0.4, -0.2) is 55.1 Å². The number of aryl methyl sites for hydroxylation is 1. The van der Waals surface area contributed by atoms with Gasteiger partial charge in [-0.3, -0.25) is 4.68 Å². The molecule has 2 heterocycles. The van der Waals surface area contributed by atoms with Crippen molar-refractivity contribution in [2.75, 3.05) is 20.8 Å². The van der Waals surface area contributed by atoms with Gasteiger partial charge in [0, 0.05) is 34.9 Å². The van der Waals surface area contributed by atoms with Gasteiger partial charge in [-0.05, 0) is 70.4 Å². The number of fused-ring (bicyclic) bond motifs is 1. The van der Waals surface area contributed by atoms with Crippen LogP contribution in [0.15, 0.2) is 79.0 Å². The van der Waals surface area contributed by atoms with Crippen LogP contribution in [0.3, 0.4) is 0 Å². The van der Waals surface area contributed by atoms with Crippen LogP contribution in [0.2, 0.25) is 18.6 Å². The van der Waals surface area contributed by atoms with Crippen LogP contribution in [0.4, 0.5) is 0 Å². The predicted molar refractivity (Wildman–Crippen MR) is 176 cm³/mol. The van der Waals surface area contributed by atoms with Crippen molar-refractivity contribution in [3.05, 3.63) is 99.4 Å². The number of benzene rings is 3. The third-order valence-electron chi connectivity index (χ3n) is 8.92. The molecule has 0 saturated heterocycles. The fourth-order valence-corrected chi connectivity index (χ4v) is 10.4. The topological polar surface area (TPSA) is 78.6 Å². The summed E-state index contributed by atoms with van der Waals surface area (Å²) in [7, 11) is 1.39. The van der Waals surface area contributed by atoms with E-state index in [0.29, 0.717) is 6.54 Å². The second-order valence-corrected chi connectivity index (χ2v) is 17.7. The molecule has 1 aromatic heterocycles. The third-order valence-corrected chi connectivity index (χ3v) is 13.9. The van der Waals surface area contributed by atoms with Crippen molar-refractivity contribution in [1.29, 1.82) is 0 Å². The summed E-state index contributed by atoms with van der Waals surface area (Å²) < 4.78 is 21.6. The number of aliphatic hydroxyl groups is 1. The smallest absolute Gasteiger partial charge is 0.125 e. The van der Waals surface area contributed by atoms with E-state index in [4.69, 9.17) is 14.2 Å². The van der Waals surface area contributed by atoms with E-state index >= 15 is 0 Å². The zero-order valence-corrected chi connectivity index (χ0v) is 28.1. The second-order valence-electron chi connectivity index (χ2n) is 11.7. The molecular formula is C33H40IN3O4Si. The van der Waals surface area contributed by atoms with E-state index in [1.807, 2.05) is 41.2 Å². The number of rotatable bonds is 11. The van der Waals surface area contributed by atoms with E-state index in [0.717, 1.165) is 34.7 Å². The van der Waals surface area contributed by atoms with Gasteiger partial charge >= 0.3 is 0 Å². The van der Waals surface area contributed by atoms with Gasteiger partial charge in [0.1, 0.15) is 17.6 Å². The first-order valence-corrected chi connectivity index (χ1v) is 18.6. The van der Waals surface area contributed by atoms with Crippen molar-refractivity contribution in [3.8, 4) is 11.5 Å². The highest BCUT2D eigenvalue weighted by molar-refractivity contribution is 14.1. The first-order valence-electron chi connectivity index (χ1n) is 14.5. The second kappa shape index (κ2) is 13.3. The molecule has 0 bridgehead atoms. The van der Waals surface area contributed by atoms with Gasteiger partial charge in [0.05, 0.1) is 39.5 Å². The van der Waals surface area contributed by atoms with Gasteiger partial charge in [0.25, 0.3) is 0 Å². The Hall–Kier alpha value is -2.73. The molecule has 0 fully saturated rings. The van der Waals surface area contributed by atoms with Gasteiger partial charge in [-0.15, -0.1) is 5.10 Å². The molecular weight excluding hydrogens is 657 g/mol. The Kier molecular flexibility index (Phi) is 9.71. The number of ether oxygens (including phenoxy) is 3. The zero-order chi connectivity index (χ0) is 29.9. The molecule has 1 aliphatic heterocycles. The summed E-state index contributed by atoms with van der Waals surface area (Å²) >= 11 is 2.35. The maximum Gasteiger partial charge on any atom is 0.125 e. The fraction of sp³-hybridized carbons (Fsp3) is 0.394. The molecule has 5 atom stereocenters. The fourth-order valence-electron chi connectivity index (χ4n) is 6.43. The number of halogens is 1. The molecule has 1 N–H and O–H groups in total. The van der Waals surface area contributed by atoms with Gasteiger partial charge in [-0.25, -0.2) is 0 Å². The molecule has 0 aliphatic carbocycles. The quantitative estimate of drug-likeness (QED) is 0.149. The highest BCUT2D eigenvalue weighted by Crippen LogP contribution is 2.47. The Morgan fingerprint density at radius 2 is 1.79 bits per heavy atom. The van der Waals surface area contributed by atoms with Crippen molar-refractivity contribution in [3.63, 3.8) is 0 Å². The Morgan fingerprint density at radius 1 is 1.05 bits per heavy atom. The number of hydrogen-bond acceptors (Lipinski definition) is 6. The first kappa shape index (κ1) is 30.7. The standard InChI is InChI=1S/C33H40IN3O4Si/c1-22-32(40-3)27-19-24(34)11-16-30(27)41-33(22)31(42(4,5)26-14-12-25(39-2)13-15-26)17-18-37-20-29(35-36-37)28(21-38)23-9-7-6-8-10-23/h6-16,19-20,22,28,31-33,38H,17-18,21H2,1-5H3/t22-,28?,31?,32-,33-/m1/s1. The summed E-state index contributed by atoms with van der Waals surface area (Å²) in [6, 6.07) is 24.9. The van der Waals surface area contributed by atoms with Crippen LogP contribution >= 0.6 is 22.6 Å². The minimum absolute atomic E-state index is 0.0209. The van der Waals surface area contributed by atoms with Crippen molar-refractivity contribution < 1.29 is 19.3 Å². The number of aromatic nitrogens is 3. The molecule has 3 aromatic carbocycles. The molecule has 42 heavy (non-hydrogen) atoms. The molecule has 0 spiro atoms. The highest BCUT2D eigenvalue weighted by Gasteiger charge is 2.47. The molecule has 222 valence electrons. The summed E-state index contributed by atoms with van der Waals surface area (Å²) in [4.78, 5) is 0. The SMILES string of the molecule is COc1ccc([Si](C)(C)C(CCn2cc(C(CO)c3ccccc3)nn2)[C@@H]2Oc3ccc(I)cc3[C@H](OC)[C@H]2C)cc1. The number of methoxy groups -OCH3 is 2. The lowest BCUT2D eigenvalue weighted by atomic mass is 9.86. The molecule has 2 unspecified atom stereocenters. The molecule has 9 heteroatoms. The normalized spacial score (nSPS) is 19.9. The Morgan fingerprint density at radius 3 is 2.45 bits per heavy atom. The molecule has 5 rings (SSSR count). The van der Waals surface area contributed by atoms with Crippen molar-refractivity contribution >= 4 is 35.9 Å². The number of nitrogens with zero attached hydrogens (tertiary/aromatic N) is 3. The monoisotopic (exact) mass is 697 g/mol. The maximum absolute atomic E-state index is 10.2. The summed E-state index contributed by atoms with van der Waals surface area (Å²) in [6.07, 6.45) is 2.76. The summed E-state index contributed by atoms with van der Waals surface area (Å²) in [5, 5.41) is 20.5. The van der Waals surface area contributed by atoms with Gasteiger partial charge in [0.2, 0.25) is 0 Å². The van der Waals surface area contributed by atoms with Gasteiger partial charge in [-0.2, -0.15) is 0 Å². The van der Waals surface area contributed by atoms with Gasteiger partial charge in [0.15, 0.2) is 0 Å². The minimum Gasteiger partial charge on any atom is -0.497 e. The van der Waals surface area contributed by atoms with E-state index in [1.165, 1.54) is 8.76 Å². The van der Waals surface area contributed by atoms with E-state index in [-0.39, 0.29) is 36.2 Å². The lowest BCUT2D eigenvalue weighted by Crippen LogP contribution is -2.54. The molecule has 0 radical (unpaired) electrons. The lowest BCUT2D eigenvalue weighted by molar-refractivity contribution is -0.0234. The van der Waals surface area contributed by atoms with Crippen molar-refractivity contribution in [1.82, 2.24) is 15.0 Å². The van der Waals surface area contributed by atoms with E-state index in [2.05, 4.69) is 95.4 Å².